The number of benzene rings is 1. The van der Waals surface area contributed by atoms with E-state index < -0.39 is 5.97 Å². The first-order valence-electron chi connectivity index (χ1n) is 6.43. The van der Waals surface area contributed by atoms with Crippen LogP contribution in [0.15, 0.2) is 18.2 Å². The standard InChI is InChI=1S/C15H19O3/c1-2-3-4-5-6-10-14(16)12-8-7-9-13(11-12)15(17)18/h7-8,11H,2-6,10H2,1H3,(H,17,18). The van der Waals surface area contributed by atoms with Gasteiger partial charge < -0.3 is 5.11 Å². The van der Waals surface area contributed by atoms with E-state index in [1.165, 1.54) is 25.0 Å². The highest BCUT2D eigenvalue weighted by Gasteiger charge is 2.09. The predicted octanol–water partition coefficient (Wildman–Crippen LogP) is 3.73. The van der Waals surface area contributed by atoms with E-state index in [2.05, 4.69) is 13.0 Å². The van der Waals surface area contributed by atoms with Crippen molar-refractivity contribution in [3.05, 3.63) is 35.4 Å². The fraction of sp³-hybridized carbons (Fsp3) is 0.467. The monoisotopic (exact) mass is 247 g/mol. The Kier molecular flexibility index (Phi) is 6.12. The van der Waals surface area contributed by atoms with E-state index in [0.717, 1.165) is 19.3 Å². The summed E-state index contributed by atoms with van der Waals surface area (Å²) in [5.41, 5.74) is 0.522. The van der Waals surface area contributed by atoms with Gasteiger partial charge in [0.1, 0.15) is 0 Å². The number of Topliss-reactive ketones (excluding diaryl/α,β-unsaturated/α-hetero) is 1. The van der Waals surface area contributed by atoms with E-state index in [1.807, 2.05) is 0 Å². The second-order valence-corrected chi connectivity index (χ2v) is 4.38. The molecule has 1 N–H and O–H groups in total. The van der Waals surface area contributed by atoms with Gasteiger partial charge in [0.15, 0.2) is 5.78 Å². The summed E-state index contributed by atoms with van der Waals surface area (Å²) in [5, 5.41) is 8.82. The van der Waals surface area contributed by atoms with Gasteiger partial charge in [0, 0.05) is 12.0 Å². The molecule has 0 aliphatic rings. The van der Waals surface area contributed by atoms with Crippen LogP contribution in [-0.2, 0) is 0 Å². The first-order valence-corrected chi connectivity index (χ1v) is 6.43. The van der Waals surface area contributed by atoms with Crippen molar-refractivity contribution in [1.29, 1.82) is 0 Å². The number of carboxylic acid groups (broad SMARTS) is 1. The van der Waals surface area contributed by atoms with Crippen LogP contribution in [0.4, 0.5) is 0 Å². The Morgan fingerprint density at radius 2 is 1.94 bits per heavy atom. The van der Waals surface area contributed by atoms with E-state index in [0.29, 0.717) is 12.0 Å². The molecule has 0 bridgehead atoms. The summed E-state index contributed by atoms with van der Waals surface area (Å²) in [6.07, 6.45) is 5.98. The van der Waals surface area contributed by atoms with Crippen LogP contribution in [-0.4, -0.2) is 16.9 Å². The van der Waals surface area contributed by atoms with E-state index in [1.54, 1.807) is 6.07 Å². The molecule has 0 spiro atoms. The van der Waals surface area contributed by atoms with Crippen molar-refractivity contribution in [2.45, 2.75) is 45.4 Å². The van der Waals surface area contributed by atoms with E-state index in [-0.39, 0.29) is 11.3 Å². The Balaban J connectivity index is 2.46. The molecule has 18 heavy (non-hydrogen) atoms. The summed E-state index contributed by atoms with van der Waals surface area (Å²) >= 11 is 0. The van der Waals surface area contributed by atoms with Gasteiger partial charge in [-0.3, -0.25) is 4.79 Å². The number of hydrogen-bond donors (Lipinski definition) is 1. The number of hydrogen-bond acceptors (Lipinski definition) is 2. The molecule has 1 radical (unpaired) electrons. The van der Waals surface area contributed by atoms with Crippen molar-refractivity contribution in [2.24, 2.45) is 0 Å². The van der Waals surface area contributed by atoms with Gasteiger partial charge in [0.25, 0.3) is 0 Å². The summed E-state index contributed by atoms with van der Waals surface area (Å²) in [6, 6.07) is 7.11. The van der Waals surface area contributed by atoms with Crippen molar-refractivity contribution in [1.82, 2.24) is 0 Å². The highest BCUT2D eigenvalue weighted by atomic mass is 16.4. The maximum Gasteiger partial charge on any atom is 0.336 e. The molecule has 3 nitrogen and oxygen atoms in total. The third-order valence-corrected chi connectivity index (χ3v) is 2.86. The Hall–Kier alpha value is -1.64. The molecular weight excluding hydrogens is 228 g/mol. The SMILES string of the molecule is CCCCCCCC(=O)c1cc[c]c(C(=O)O)c1. The highest BCUT2D eigenvalue weighted by molar-refractivity contribution is 5.98. The largest absolute Gasteiger partial charge is 0.478 e. The number of aromatic carboxylic acids is 1. The number of carbonyl (C=O) groups excluding carboxylic acids is 1. The number of carbonyl (C=O) groups is 2. The predicted molar refractivity (Wildman–Crippen MR) is 69.9 cm³/mol. The zero-order valence-corrected chi connectivity index (χ0v) is 10.7. The lowest BCUT2D eigenvalue weighted by atomic mass is 10.0. The summed E-state index contributed by atoms with van der Waals surface area (Å²) in [6.45, 7) is 2.15. The third kappa shape index (κ3) is 4.70. The summed E-state index contributed by atoms with van der Waals surface area (Å²) in [5.74, 6) is -1.03. The fourth-order valence-electron chi connectivity index (χ4n) is 1.80. The molecule has 0 aliphatic heterocycles. The quantitative estimate of drug-likeness (QED) is 0.562. The molecule has 3 heteroatoms. The van der Waals surface area contributed by atoms with Crippen molar-refractivity contribution in [3.8, 4) is 0 Å². The Morgan fingerprint density at radius 3 is 2.61 bits per heavy atom. The van der Waals surface area contributed by atoms with E-state index >= 15 is 0 Å². The lowest BCUT2D eigenvalue weighted by Gasteiger charge is -2.02. The average molecular weight is 247 g/mol. The van der Waals surface area contributed by atoms with Crippen molar-refractivity contribution >= 4 is 11.8 Å². The topological polar surface area (TPSA) is 54.4 Å². The molecule has 0 saturated heterocycles. The molecule has 1 rings (SSSR count). The Morgan fingerprint density at radius 1 is 1.22 bits per heavy atom. The number of ketones is 1. The smallest absolute Gasteiger partial charge is 0.336 e. The number of rotatable bonds is 8. The number of unbranched alkanes of at least 4 members (excludes halogenated alkanes) is 4. The molecule has 0 atom stereocenters. The van der Waals surface area contributed by atoms with Crippen LogP contribution in [0.1, 0.15) is 66.2 Å². The first-order chi connectivity index (χ1) is 8.65. The lowest BCUT2D eigenvalue weighted by Crippen LogP contribution is -2.03. The zero-order chi connectivity index (χ0) is 13.4. The maximum absolute atomic E-state index is 11.8. The van der Waals surface area contributed by atoms with Crippen LogP contribution in [0.3, 0.4) is 0 Å². The molecular formula is C15H19O3. The molecule has 1 aromatic rings. The van der Waals surface area contributed by atoms with Crippen molar-refractivity contribution < 1.29 is 14.7 Å². The summed E-state index contributed by atoms with van der Waals surface area (Å²) < 4.78 is 0. The third-order valence-electron chi connectivity index (χ3n) is 2.86. The van der Waals surface area contributed by atoms with Gasteiger partial charge in [-0.1, -0.05) is 44.7 Å². The second-order valence-electron chi connectivity index (χ2n) is 4.38. The first kappa shape index (κ1) is 14.4. The van der Waals surface area contributed by atoms with Crippen molar-refractivity contribution in [2.75, 3.05) is 0 Å². The zero-order valence-electron chi connectivity index (χ0n) is 10.7. The van der Waals surface area contributed by atoms with Crippen LogP contribution < -0.4 is 0 Å². The van der Waals surface area contributed by atoms with Crippen molar-refractivity contribution in [3.63, 3.8) is 0 Å². The lowest BCUT2D eigenvalue weighted by molar-refractivity contribution is 0.0696. The second kappa shape index (κ2) is 7.64. The Labute approximate surface area is 108 Å². The molecule has 0 amide bonds. The normalized spacial score (nSPS) is 10.3. The van der Waals surface area contributed by atoms with Crippen LogP contribution >= 0.6 is 0 Å². The molecule has 0 fully saturated rings. The van der Waals surface area contributed by atoms with Gasteiger partial charge >= 0.3 is 5.97 Å². The van der Waals surface area contributed by atoms with Gasteiger partial charge in [-0.15, -0.1) is 0 Å². The summed E-state index contributed by atoms with van der Waals surface area (Å²) in [4.78, 5) is 22.6. The minimum absolute atomic E-state index is 0.0167. The van der Waals surface area contributed by atoms with E-state index in [4.69, 9.17) is 5.11 Å². The molecule has 0 saturated carbocycles. The van der Waals surface area contributed by atoms with Crippen LogP contribution in [0.5, 0.6) is 0 Å². The van der Waals surface area contributed by atoms with Crippen LogP contribution in [0, 0.1) is 6.07 Å². The van der Waals surface area contributed by atoms with Crippen LogP contribution in [0.2, 0.25) is 0 Å². The molecule has 0 aliphatic carbocycles. The highest BCUT2D eigenvalue weighted by Crippen LogP contribution is 2.11. The minimum Gasteiger partial charge on any atom is -0.478 e. The molecule has 97 valence electrons. The van der Waals surface area contributed by atoms with Crippen LogP contribution in [0.25, 0.3) is 0 Å². The Bertz CT molecular complexity index is 410. The molecule has 1 aromatic carbocycles. The fourth-order valence-corrected chi connectivity index (χ4v) is 1.80. The minimum atomic E-state index is -1.05. The summed E-state index contributed by atoms with van der Waals surface area (Å²) in [7, 11) is 0. The molecule has 0 heterocycles. The number of carboxylic acids is 1. The van der Waals surface area contributed by atoms with Gasteiger partial charge in [-0.25, -0.2) is 4.79 Å². The van der Waals surface area contributed by atoms with Gasteiger partial charge in [-0.05, 0) is 18.6 Å². The molecule has 0 unspecified atom stereocenters. The van der Waals surface area contributed by atoms with E-state index in [9.17, 15) is 9.59 Å². The van der Waals surface area contributed by atoms with Gasteiger partial charge in [0.05, 0.1) is 5.56 Å². The van der Waals surface area contributed by atoms with Gasteiger partial charge in [-0.2, -0.15) is 0 Å². The average Bonchev–Trinajstić information content (AvgIpc) is 2.38. The maximum atomic E-state index is 11.8. The van der Waals surface area contributed by atoms with Gasteiger partial charge in [0.2, 0.25) is 0 Å². The molecule has 0 aromatic heterocycles.